The number of sulfone groups is 1. The second kappa shape index (κ2) is 5.87. The molecule has 1 aromatic heterocycles. The van der Waals surface area contributed by atoms with Gasteiger partial charge in [0.05, 0.1) is 10.6 Å². The number of aromatic nitrogens is 1. The Bertz CT molecular complexity index is 692. The number of anilines is 1. The molecule has 6 nitrogen and oxygen atoms in total. The van der Waals surface area contributed by atoms with Crippen molar-refractivity contribution >= 4 is 21.6 Å². The van der Waals surface area contributed by atoms with E-state index in [2.05, 4.69) is 10.5 Å². The third-order valence-corrected chi connectivity index (χ3v) is 4.33. The molecule has 106 valence electrons. The number of carbonyl (C=O) groups excluding carboxylic acids is 1. The quantitative estimate of drug-likeness (QED) is 0.908. The summed E-state index contributed by atoms with van der Waals surface area (Å²) < 4.78 is 28.8. The highest BCUT2D eigenvalue weighted by Gasteiger charge is 2.16. The highest BCUT2D eigenvalue weighted by molar-refractivity contribution is 7.91. The zero-order valence-corrected chi connectivity index (χ0v) is 11.7. The van der Waals surface area contributed by atoms with E-state index < -0.39 is 15.7 Å². The minimum absolute atomic E-state index is 0.136. The summed E-state index contributed by atoms with van der Waals surface area (Å²) in [5.74, 6) is 0.180. The van der Waals surface area contributed by atoms with E-state index in [4.69, 9.17) is 4.52 Å². The zero-order chi connectivity index (χ0) is 14.6. The van der Waals surface area contributed by atoms with E-state index in [-0.39, 0.29) is 22.9 Å². The number of hydrogen-bond donors (Lipinski definition) is 1. The van der Waals surface area contributed by atoms with Gasteiger partial charge in [0.25, 0.3) is 0 Å². The number of nitrogens with one attached hydrogen (secondary N) is 1. The molecule has 0 radical (unpaired) electrons. The highest BCUT2D eigenvalue weighted by Crippen LogP contribution is 2.12. The SMILES string of the molecule is Cc1cc(NC(=O)CCS(=O)(=O)c2ccccc2)no1. The first-order valence-corrected chi connectivity index (χ1v) is 7.63. The predicted octanol–water partition coefficient (Wildman–Crippen LogP) is 1.79. The number of aryl methyl sites for hydroxylation is 1. The summed E-state index contributed by atoms with van der Waals surface area (Å²) >= 11 is 0. The summed E-state index contributed by atoms with van der Waals surface area (Å²) in [6, 6.07) is 9.60. The molecular weight excluding hydrogens is 280 g/mol. The van der Waals surface area contributed by atoms with Gasteiger partial charge in [0.1, 0.15) is 5.76 Å². The molecule has 1 aromatic carbocycles. The van der Waals surface area contributed by atoms with Gasteiger partial charge in [-0.15, -0.1) is 0 Å². The lowest BCUT2D eigenvalue weighted by atomic mass is 10.4. The van der Waals surface area contributed by atoms with E-state index in [0.29, 0.717) is 5.76 Å². The maximum Gasteiger partial charge on any atom is 0.226 e. The summed E-state index contributed by atoms with van der Waals surface area (Å²) in [4.78, 5) is 11.9. The van der Waals surface area contributed by atoms with Crippen molar-refractivity contribution in [1.29, 1.82) is 0 Å². The van der Waals surface area contributed by atoms with Gasteiger partial charge in [-0.25, -0.2) is 8.42 Å². The molecule has 0 saturated heterocycles. The number of benzene rings is 1. The van der Waals surface area contributed by atoms with Crippen LogP contribution in [0.1, 0.15) is 12.2 Å². The smallest absolute Gasteiger partial charge is 0.226 e. The van der Waals surface area contributed by atoms with Crippen LogP contribution in [0.15, 0.2) is 45.8 Å². The lowest BCUT2D eigenvalue weighted by molar-refractivity contribution is -0.115. The molecule has 2 rings (SSSR count). The van der Waals surface area contributed by atoms with E-state index in [1.165, 1.54) is 12.1 Å². The van der Waals surface area contributed by atoms with E-state index in [9.17, 15) is 13.2 Å². The van der Waals surface area contributed by atoms with Crippen molar-refractivity contribution in [2.45, 2.75) is 18.2 Å². The van der Waals surface area contributed by atoms with Crippen LogP contribution in [0.25, 0.3) is 0 Å². The molecule has 0 aliphatic heterocycles. The molecule has 0 atom stereocenters. The van der Waals surface area contributed by atoms with Crippen LogP contribution in [0, 0.1) is 6.92 Å². The van der Waals surface area contributed by atoms with Crippen molar-refractivity contribution in [2.24, 2.45) is 0 Å². The molecule has 0 bridgehead atoms. The van der Waals surface area contributed by atoms with E-state index >= 15 is 0 Å². The Morgan fingerprint density at radius 1 is 1.30 bits per heavy atom. The molecule has 0 fully saturated rings. The summed E-state index contributed by atoms with van der Waals surface area (Å²) in [5.41, 5.74) is 0. The molecule has 0 aliphatic carbocycles. The Morgan fingerprint density at radius 2 is 2.00 bits per heavy atom. The van der Waals surface area contributed by atoms with Crippen molar-refractivity contribution in [1.82, 2.24) is 5.16 Å². The van der Waals surface area contributed by atoms with Gasteiger partial charge < -0.3 is 9.84 Å². The zero-order valence-electron chi connectivity index (χ0n) is 10.9. The number of hydrogen-bond acceptors (Lipinski definition) is 5. The molecule has 2 aromatic rings. The Morgan fingerprint density at radius 3 is 2.60 bits per heavy atom. The van der Waals surface area contributed by atoms with Crippen LogP contribution < -0.4 is 5.32 Å². The topological polar surface area (TPSA) is 89.3 Å². The summed E-state index contributed by atoms with van der Waals surface area (Å²) in [7, 11) is -3.45. The predicted molar refractivity (Wildman–Crippen MR) is 73.0 cm³/mol. The number of nitrogens with zero attached hydrogens (tertiary/aromatic N) is 1. The lowest BCUT2D eigenvalue weighted by Gasteiger charge is -2.04. The largest absolute Gasteiger partial charge is 0.360 e. The van der Waals surface area contributed by atoms with Crippen LogP contribution >= 0.6 is 0 Å². The molecule has 1 heterocycles. The van der Waals surface area contributed by atoms with E-state index in [1.807, 2.05) is 0 Å². The molecule has 1 N–H and O–H groups in total. The molecule has 0 unspecified atom stereocenters. The Kier molecular flexibility index (Phi) is 4.19. The van der Waals surface area contributed by atoms with Gasteiger partial charge in [-0.1, -0.05) is 23.4 Å². The number of carbonyl (C=O) groups is 1. The fourth-order valence-electron chi connectivity index (χ4n) is 1.60. The van der Waals surface area contributed by atoms with Gasteiger partial charge in [-0.3, -0.25) is 4.79 Å². The second-order valence-electron chi connectivity index (χ2n) is 4.25. The Hall–Kier alpha value is -2.15. The minimum Gasteiger partial charge on any atom is -0.360 e. The van der Waals surface area contributed by atoms with Crippen LogP contribution in [-0.4, -0.2) is 25.2 Å². The van der Waals surface area contributed by atoms with Crippen molar-refractivity contribution in [2.75, 3.05) is 11.1 Å². The Labute approximate surface area is 116 Å². The third-order valence-electron chi connectivity index (χ3n) is 2.60. The van der Waals surface area contributed by atoms with Crippen LogP contribution in [-0.2, 0) is 14.6 Å². The molecule has 20 heavy (non-hydrogen) atoms. The molecule has 1 amide bonds. The maximum absolute atomic E-state index is 12.0. The fraction of sp³-hybridized carbons (Fsp3) is 0.231. The fourth-order valence-corrected chi connectivity index (χ4v) is 2.87. The van der Waals surface area contributed by atoms with Gasteiger partial charge in [-0.05, 0) is 19.1 Å². The summed E-state index contributed by atoms with van der Waals surface area (Å²) in [6.07, 6.45) is -0.136. The van der Waals surface area contributed by atoms with Crippen molar-refractivity contribution < 1.29 is 17.7 Å². The normalized spacial score (nSPS) is 11.2. The van der Waals surface area contributed by atoms with Crippen molar-refractivity contribution in [3.05, 3.63) is 42.2 Å². The molecule has 0 spiro atoms. The monoisotopic (exact) mass is 294 g/mol. The van der Waals surface area contributed by atoms with Crippen LogP contribution in [0.2, 0.25) is 0 Å². The third kappa shape index (κ3) is 3.67. The van der Waals surface area contributed by atoms with E-state index in [1.54, 1.807) is 31.2 Å². The second-order valence-corrected chi connectivity index (χ2v) is 6.36. The summed E-state index contributed by atoms with van der Waals surface area (Å²) in [6.45, 7) is 1.70. The standard InChI is InChI=1S/C13H14N2O4S/c1-10-9-12(15-19-10)14-13(16)7-8-20(17,18)11-5-3-2-4-6-11/h2-6,9H,7-8H2,1H3,(H,14,15,16). The summed E-state index contributed by atoms with van der Waals surface area (Å²) in [5, 5.41) is 6.08. The average Bonchev–Trinajstić information content (AvgIpc) is 2.83. The maximum atomic E-state index is 12.0. The van der Waals surface area contributed by atoms with Gasteiger partial charge in [0.15, 0.2) is 15.7 Å². The van der Waals surface area contributed by atoms with E-state index in [0.717, 1.165) is 0 Å². The first-order chi connectivity index (χ1) is 9.47. The van der Waals surface area contributed by atoms with Crippen LogP contribution in [0.4, 0.5) is 5.82 Å². The molecule has 7 heteroatoms. The van der Waals surface area contributed by atoms with Crippen LogP contribution in [0.5, 0.6) is 0 Å². The van der Waals surface area contributed by atoms with Gasteiger partial charge in [0.2, 0.25) is 5.91 Å². The molecular formula is C13H14N2O4S. The minimum atomic E-state index is -3.45. The first-order valence-electron chi connectivity index (χ1n) is 5.98. The van der Waals surface area contributed by atoms with Gasteiger partial charge in [-0.2, -0.15) is 0 Å². The number of rotatable bonds is 5. The van der Waals surface area contributed by atoms with Crippen molar-refractivity contribution in [3.63, 3.8) is 0 Å². The average molecular weight is 294 g/mol. The molecule has 0 saturated carbocycles. The molecule has 0 aliphatic rings. The number of amides is 1. The van der Waals surface area contributed by atoms with Gasteiger partial charge in [0, 0.05) is 12.5 Å². The van der Waals surface area contributed by atoms with Crippen LogP contribution in [0.3, 0.4) is 0 Å². The lowest BCUT2D eigenvalue weighted by Crippen LogP contribution is -2.17. The van der Waals surface area contributed by atoms with Gasteiger partial charge >= 0.3 is 0 Å². The first kappa shape index (κ1) is 14.3. The highest BCUT2D eigenvalue weighted by atomic mass is 32.2. The Balaban J connectivity index is 1.93. The van der Waals surface area contributed by atoms with Crippen molar-refractivity contribution in [3.8, 4) is 0 Å².